The summed E-state index contributed by atoms with van der Waals surface area (Å²) < 4.78 is 51.7. The van der Waals surface area contributed by atoms with Crippen molar-refractivity contribution in [3.8, 4) is 11.5 Å². The van der Waals surface area contributed by atoms with Crippen LogP contribution in [-0.2, 0) is 4.79 Å². The van der Waals surface area contributed by atoms with Crippen LogP contribution in [0.3, 0.4) is 0 Å². The Morgan fingerprint density at radius 2 is 1.76 bits per heavy atom. The van der Waals surface area contributed by atoms with Crippen LogP contribution in [0.5, 0.6) is 11.5 Å². The number of hydrogen-bond donors (Lipinski definition) is 1. The summed E-state index contributed by atoms with van der Waals surface area (Å²) in [5, 5.41) is 14.1. The van der Waals surface area contributed by atoms with Crippen molar-refractivity contribution < 1.29 is 32.5 Å². The van der Waals surface area contributed by atoms with Gasteiger partial charge in [-0.25, -0.2) is 0 Å². The van der Waals surface area contributed by atoms with E-state index in [0.29, 0.717) is 11.3 Å². The normalized spacial score (nSPS) is 19.1. The molecule has 1 heterocycles. The monoisotopic (exact) mass is 472 g/mol. The quantitative estimate of drug-likeness (QED) is 0.719. The molecule has 0 fully saturated rings. The van der Waals surface area contributed by atoms with Gasteiger partial charge in [0, 0.05) is 4.47 Å². The molecule has 0 saturated heterocycles. The predicted octanol–water partition coefficient (Wildman–Crippen LogP) is 3.72. The van der Waals surface area contributed by atoms with Gasteiger partial charge in [0.25, 0.3) is 11.6 Å². The molecule has 0 radical (unpaired) electrons. The van der Waals surface area contributed by atoms with E-state index >= 15 is 0 Å². The molecule has 154 valence electrons. The number of methoxy groups -OCH3 is 1. The standard InChI is InChI=1S/C19H16BrF3N2O4/c1-28-14-6-8-15(9-7-14)29-11-17(26)25-18(27,19(21,22)23)10-16(24-25)12-2-4-13(20)5-3-12/h2-9,27H,10-11H2,1H3/t18-/m0/s1. The molecule has 2 aromatic rings. The highest BCUT2D eigenvalue weighted by Gasteiger charge is 2.63. The Morgan fingerprint density at radius 3 is 2.31 bits per heavy atom. The van der Waals surface area contributed by atoms with Crippen molar-refractivity contribution in [3.63, 3.8) is 0 Å². The number of rotatable bonds is 5. The number of halogens is 4. The summed E-state index contributed by atoms with van der Waals surface area (Å²) in [4.78, 5) is 12.4. The number of carbonyl (C=O) groups excluding carboxylic acids is 1. The average molecular weight is 473 g/mol. The topological polar surface area (TPSA) is 71.4 Å². The fraction of sp³-hybridized carbons (Fsp3) is 0.263. The van der Waals surface area contributed by atoms with Crippen LogP contribution in [0.2, 0.25) is 0 Å². The first-order valence-corrected chi connectivity index (χ1v) is 9.16. The number of hydrogen-bond acceptors (Lipinski definition) is 5. The number of aliphatic hydroxyl groups is 1. The van der Waals surface area contributed by atoms with E-state index in [1.54, 1.807) is 36.4 Å². The van der Waals surface area contributed by atoms with Gasteiger partial charge in [0.15, 0.2) is 6.61 Å². The van der Waals surface area contributed by atoms with Gasteiger partial charge in [-0.3, -0.25) is 4.79 Å². The summed E-state index contributed by atoms with van der Waals surface area (Å²) in [6.45, 7) is -0.734. The van der Waals surface area contributed by atoms with Crippen molar-refractivity contribution in [1.82, 2.24) is 5.01 Å². The number of carbonyl (C=O) groups is 1. The highest BCUT2D eigenvalue weighted by atomic mass is 79.9. The number of nitrogens with zero attached hydrogens (tertiary/aromatic N) is 2. The number of ether oxygens (including phenoxy) is 2. The molecule has 2 aromatic carbocycles. The summed E-state index contributed by atoms with van der Waals surface area (Å²) in [7, 11) is 1.48. The molecular weight excluding hydrogens is 457 g/mol. The summed E-state index contributed by atoms with van der Waals surface area (Å²) in [5.41, 5.74) is -3.15. The lowest BCUT2D eigenvalue weighted by Crippen LogP contribution is -2.57. The Morgan fingerprint density at radius 1 is 1.17 bits per heavy atom. The molecule has 0 bridgehead atoms. The van der Waals surface area contributed by atoms with E-state index < -0.39 is 30.8 Å². The molecule has 0 unspecified atom stereocenters. The van der Waals surface area contributed by atoms with Gasteiger partial charge < -0.3 is 14.6 Å². The number of hydrazone groups is 1. The van der Waals surface area contributed by atoms with Gasteiger partial charge >= 0.3 is 6.18 Å². The van der Waals surface area contributed by atoms with E-state index in [9.17, 15) is 23.1 Å². The van der Waals surface area contributed by atoms with Crippen molar-refractivity contribution >= 4 is 27.5 Å². The van der Waals surface area contributed by atoms with Gasteiger partial charge in [0.2, 0.25) is 0 Å². The van der Waals surface area contributed by atoms with Crippen LogP contribution in [0.15, 0.2) is 58.1 Å². The van der Waals surface area contributed by atoms with Crippen LogP contribution < -0.4 is 9.47 Å². The van der Waals surface area contributed by atoms with Gasteiger partial charge in [-0.1, -0.05) is 28.1 Å². The fourth-order valence-corrected chi connectivity index (χ4v) is 2.97. The molecule has 1 aliphatic rings. The van der Waals surface area contributed by atoms with E-state index in [2.05, 4.69) is 21.0 Å². The molecule has 6 nitrogen and oxygen atoms in total. The maximum absolute atomic E-state index is 13.6. The number of benzene rings is 2. The highest BCUT2D eigenvalue weighted by Crippen LogP contribution is 2.41. The van der Waals surface area contributed by atoms with Gasteiger partial charge in [0.1, 0.15) is 11.5 Å². The van der Waals surface area contributed by atoms with Gasteiger partial charge in [-0.2, -0.15) is 23.3 Å². The lowest BCUT2D eigenvalue weighted by molar-refractivity contribution is -0.302. The Labute approximate surface area is 172 Å². The number of alkyl halides is 3. The Hall–Kier alpha value is -2.59. The molecule has 10 heteroatoms. The van der Waals surface area contributed by atoms with Gasteiger partial charge in [0.05, 0.1) is 19.2 Å². The zero-order chi connectivity index (χ0) is 21.2. The molecule has 0 aliphatic carbocycles. The second kappa shape index (κ2) is 8.03. The zero-order valence-electron chi connectivity index (χ0n) is 15.1. The van der Waals surface area contributed by atoms with Crippen molar-refractivity contribution in [2.75, 3.05) is 13.7 Å². The largest absolute Gasteiger partial charge is 0.497 e. The third-order valence-corrected chi connectivity index (χ3v) is 4.80. The van der Waals surface area contributed by atoms with E-state index in [4.69, 9.17) is 9.47 Å². The second-order valence-electron chi connectivity index (χ2n) is 6.21. The van der Waals surface area contributed by atoms with Crippen LogP contribution >= 0.6 is 15.9 Å². The summed E-state index contributed by atoms with van der Waals surface area (Å²) in [5.74, 6) is -0.322. The molecule has 1 N–H and O–H groups in total. The predicted molar refractivity (Wildman–Crippen MR) is 102 cm³/mol. The van der Waals surface area contributed by atoms with E-state index in [1.165, 1.54) is 19.2 Å². The average Bonchev–Trinajstić information content (AvgIpc) is 3.06. The molecule has 0 saturated carbocycles. The molecule has 3 rings (SSSR count). The first-order chi connectivity index (χ1) is 13.6. The third-order valence-electron chi connectivity index (χ3n) is 4.27. The Balaban J connectivity index is 1.81. The summed E-state index contributed by atoms with van der Waals surface area (Å²) in [6, 6.07) is 12.5. The highest BCUT2D eigenvalue weighted by molar-refractivity contribution is 9.10. The maximum Gasteiger partial charge on any atom is 0.438 e. The van der Waals surface area contributed by atoms with E-state index in [-0.39, 0.29) is 16.5 Å². The van der Waals surface area contributed by atoms with Crippen molar-refractivity contribution in [2.45, 2.75) is 18.3 Å². The summed E-state index contributed by atoms with van der Waals surface area (Å²) >= 11 is 3.24. The first-order valence-electron chi connectivity index (χ1n) is 8.36. The van der Waals surface area contributed by atoms with Crippen LogP contribution in [0.4, 0.5) is 13.2 Å². The molecular formula is C19H16BrF3N2O4. The maximum atomic E-state index is 13.6. The minimum absolute atomic E-state index is 0.0495. The summed E-state index contributed by atoms with van der Waals surface area (Å²) in [6.07, 6.45) is -5.99. The fourth-order valence-electron chi connectivity index (χ4n) is 2.71. The van der Waals surface area contributed by atoms with Crippen molar-refractivity contribution in [3.05, 3.63) is 58.6 Å². The van der Waals surface area contributed by atoms with Crippen molar-refractivity contribution in [2.24, 2.45) is 5.10 Å². The van der Waals surface area contributed by atoms with Crippen LogP contribution in [-0.4, -0.2) is 47.4 Å². The second-order valence-corrected chi connectivity index (χ2v) is 7.13. The number of amides is 1. The molecule has 0 aromatic heterocycles. The van der Waals surface area contributed by atoms with Crippen LogP contribution in [0, 0.1) is 0 Å². The lowest BCUT2D eigenvalue weighted by atomic mass is 10.0. The van der Waals surface area contributed by atoms with E-state index in [0.717, 1.165) is 4.47 Å². The third kappa shape index (κ3) is 4.38. The molecule has 1 atom stereocenters. The minimum atomic E-state index is -5.11. The molecule has 1 amide bonds. The van der Waals surface area contributed by atoms with Gasteiger partial charge in [-0.05, 0) is 42.0 Å². The molecule has 29 heavy (non-hydrogen) atoms. The zero-order valence-corrected chi connectivity index (χ0v) is 16.7. The smallest absolute Gasteiger partial charge is 0.438 e. The molecule has 0 spiro atoms. The van der Waals surface area contributed by atoms with Crippen LogP contribution in [0.1, 0.15) is 12.0 Å². The molecule has 1 aliphatic heterocycles. The SMILES string of the molecule is COc1ccc(OCC(=O)N2N=C(c3ccc(Br)cc3)C[C@]2(O)C(F)(F)F)cc1. The lowest BCUT2D eigenvalue weighted by Gasteiger charge is -2.32. The van der Waals surface area contributed by atoms with Crippen LogP contribution in [0.25, 0.3) is 0 Å². The Bertz CT molecular complexity index is 917. The van der Waals surface area contributed by atoms with Crippen molar-refractivity contribution in [1.29, 1.82) is 0 Å². The van der Waals surface area contributed by atoms with E-state index in [1.807, 2.05) is 0 Å². The van der Waals surface area contributed by atoms with Gasteiger partial charge in [-0.15, -0.1) is 0 Å². The Kier molecular flexibility index (Phi) is 5.85. The minimum Gasteiger partial charge on any atom is -0.497 e. The first kappa shape index (κ1) is 21.1.